The lowest BCUT2D eigenvalue weighted by Crippen LogP contribution is -2.23. The molecule has 28 heavy (non-hydrogen) atoms. The van der Waals surface area contributed by atoms with Gasteiger partial charge in [0, 0.05) is 25.3 Å². The summed E-state index contributed by atoms with van der Waals surface area (Å²) in [6.07, 6.45) is 0.00994. The third kappa shape index (κ3) is 2.42. The molecule has 1 atom stereocenters. The van der Waals surface area contributed by atoms with E-state index >= 15 is 0 Å². The van der Waals surface area contributed by atoms with Crippen molar-refractivity contribution in [1.29, 1.82) is 0 Å². The van der Waals surface area contributed by atoms with Crippen molar-refractivity contribution in [2.24, 2.45) is 0 Å². The number of ether oxygens (including phenoxy) is 4. The van der Waals surface area contributed by atoms with Crippen molar-refractivity contribution in [2.75, 3.05) is 21.3 Å². The largest absolute Gasteiger partial charge is 0.492 e. The Hall–Kier alpha value is -3.22. The minimum atomic E-state index is -0.546. The second-order valence-corrected chi connectivity index (χ2v) is 6.62. The van der Waals surface area contributed by atoms with E-state index in [0.717, 1.165) is 5.52 Å². The zero-order valence-electron chi connectivity index (χ0n) is 16.2. The lowest BCUT2D eigenvalue weighted by molar-refractivity contribution is -0.147. The summed E-state index contributed by atoms with van der Waals surface area (Å²) in [5.74, 6) is 0.629. The van der Waals surface area contributed by atoms with Crippen molar-refractivity contribution in [1.82, 2.24) is 4.57 Å². The second kappa shape index (κ2) is 6.74. The summed E-state index contributed by atoms with van der Waals surface area (Å²) in [6.45, 7) is 1.95. The van der Waals surface area contributed by atoms with Gasteiger partial charge in [0.15, 0.2) is 11.5 Å². The molecule has 0 fully saturated rings. The van der Waals surface area contributed by atoms with Gasteiger partial charge in [-0.15, -0.1) is 0 Å². The summed E-state index contributed by atoms with van der Waals surface area (Å²) in [5.41, 5.74) is 1.93. The molecule has 7 heteroatoms. The van der Waals surface area contributed by atoms with E-state index in [0.29, 0.717) is 52.1 Å². The lowest BCUT2D eigenvalue weighted by Gasteiger charge is -2.31. The normalized spacial score (nSPS) is 15.5. The van der Waals surface area contributed by atoms with Crippen LogP contribution < -0.4 is 19.6 Å². The predicted octanol–water partition coefficient (Wildman–Crippen LogP) is 3.19. The number of pyridine rings is 1. The van der Waals surface area contributed by atoms with Gasteiger partial charge in [-0.3, -0.25) is 9.59 Å². The molecule has 1 aliphatic rings. The molecule has 0 bridgehead atoms. The predicted molar refractivity (Wildman–Crippen MR) is 104 cm³/mol. The fourth-order valence-electron chi connectivity index (χ4n) is 4.16. The van der Waals surface area contributed by atoms with Gasteiger partial charge in [-0.1, -0.05) is 12.1 Å². The lowest BCUT2D eigenvalue weighted by atomic mass is 9.94. The van der Waals surface area contributed by atoms with Gasteiger partial charge in [0.2, 0.25) is 11.2 Å². The van der Waals surface area contributed by atoms with Crippen LogP contribution >= 0.6 is 0 Å². The summed E-state index contributed by atoms with van der Waals surface area (Å²) < 4.78 is 24.4. The molecule has 1 aromatic heterocycles. The zero-order valence-corrected chi connectivity index (χ0v) is 16.2. The number of carbonyl (C=O) groups excluding carboxylic acids is 1. The number of aryl methyl sites for hydroxylation is 1. The minimum Gasteiger partial charge on any atom is -0.492 e. The van der Waals surface area contributed by atoms with E-state index in [-0.39, 0.29) is 5.43 Å². The number of hydrogen-bond donors (Lipinski definition) is 0. The van der Waals surface area contributed by atoms with Gasteiger partial charge < -0.3 is 23.5 Å². The van der Waals surface area contributed by atoms with Crippen LogP contribution in [0.3, 0.4) is 0 Å². The quantitative estimate of drug-likeness (QED) is 0.509. The fourth-order valence-corrected chi connectivity index (χ4v) is 4.16. The van der Waals surface area contributed by atoms with Crippen molar-refractivity contribution in [3.05, 3.63) is 40.1 Å². The number of esters is 1. The molecule has 0 amide bonds. The van der Waals surface area contributed by atoms with E-state index in [1.807, 2.05) is 18.2 Å². The van der Waals surface area contributed by atoms with Crippen molar-refractivity contribution in [3.63, 3.8) is 0 Å². The molecule has 0 spiro atoms. The molecule has 3 aromatic rings. The Balaban J connectivity index is 2.29. The maximum atomic E-state index is 13.4. The third-order valence-corrected chi connectivity index (χ3v) is 5.17. The Morgan fingerprint density at radius 3 is 2.36 bits per heavy atom. The van der Waals surface area contributed by atoms with Crippen LogP contribution in [0, 0.1) is 0 Å². The van der Waals surface area contributed by atoms with E-state index in [4.69, 9.17) is 18.9 Å². The van der Waals surface area contributed by atoms with Crippen molar-refractivity contribution >= 4 is 27.8 Å². The summed E-state index contributed by atoms with van der Waals surface area (Å²) in [6, 6.07) is 7.44. The van der Waals surface area contributed by atoms with E-state index in [2.05, 4.69) is 4.57 Å². The molecule has 0 saturated heterocycles. The Labute approximate surface area is 161 Å². The number of benzene rings is 2. The number of methoxy groups -OCH3 is 3. The SMILES string of the molecule is COc1c(OC)c2c3c(c1OC)c(=O)c1ccccc1n3CC[C@H]2OC(C)=O. The van der Waals surface area contributed by atoms with Crippen LogP contribution in [0.4, 0.5) is 0 Å². The summed E-state index contributed by atoms with van der Waals surface area (Å²) in [5, 5.41) is 0.989. The van der Waals surface area contributed by atoms with Crippen LogP contribution in [0.15, 0.2) is 29.1 Å². The molecular formula is C21H21NO6. The highest BCUT2D eigenvalue weighted by atomic mass is 16.5. The molecule has 4 rings (SSSR count). The van der Waals surface area contributed by atoms with Crippen LogP contribution in [0.25, 0.3) is 21.8 Å². The van der Waals surface area contributed by atoms with Crippen LogP contribution in [0.5, 0.6) is 17.2 Å². The topological polar surface area (TPSA) is 76.0 Å². The first-order valence-corrected chi connectivity index (χ1v) is 8.97. The zero-order chi connectivity index (χ0) is 20.0. The Kier molecular flexibility index (Phi) is 4.37. The van der Waals surface area contributed by atoms with E-state index < -0.39 is 12.1 Å². The van der Waals surface area contributed by atoms with E-state index in [9.17, 15) is 9.59 Å². The van der Waals surface area contributed by atoms with Gasteiger partial charge >= 0.3 is 5.97 Å². The first-order chi connectivity index (χ1) is 13.5. The fraction of sp³-hybridized carbons (Fsp3) is 0.333. The number of aromatic nitrogens is 1. The first-order valence-electron chi connectivity index (χ1n) is 8.97. The van der Waals surface area contributed by atoms with Crippen molar-refractivity contribution in [3.8, 4) is 17.2 Å². The maximum Gasteiger partial charge on any atom is 0.303 e. The van der Waals surface area contributed by atoms with Gasteiger partial charge in [0.05, 0.1) is 43.3 Å². The number of rotatable bonds is 4. The van der Waals surface area contributed by atoms with Crippen molar-refractivity contribution < 1.29 is 23.7 Å². The molecule has 146 valence electrons. The Bertz CT molecular complexity index is 1160. The summed E-state index contributed by atoms with van der Waals surface area (Å²) in [7, 11) is 4.50. The van der Waals surface area contributed by atoms with Gasteiger partial charge in [-0.2, -0.15) is 0 Å². The highest BCUT2D eigenvalue weighted by molar-refractivity contribution is 6.01. The Morgan fingerprint density at radius 2 is 1.71 bits per heavy atom. The third-order valence-electron chi connectivity index (χ3n) is 5.17. The van der Waals surface area contributed by atoms with Gasteiger partial charge in [-0.05, 0) is 12.1 Å². The number of nitrogens with zero attached hydrogens (tertiary/aromatic N) is 1. The molecular weight excluding hydrogens is 362 g/mol. The molecule has 0 radical (unpaired) electrons. The van der Waals surface area contributed by atoms with Crippen LogP contribution in [0.1, 0.15) is 25.0 Å². The molecule has 0 aliphatic carbocycles. The average Bonchev–Trinajstić information content (AvgIpc) is 2.70. The molecule has 0 unspecified atom stereocenters. The molecule has 0 N–H and O–H groups in total. The van der Waals surface area contributed by atoms with Gasteiger partial charge in [0.1, 0.15) is 6.10 Å². The molecule has 2 aromatic carbocycles. The molecule has 1 aliphatic heterocycles. The molecule has 2 heterocycles. The highest BCUT2D eigenvalue weighted by Crippen LogP contribution is 2.51. The average molecular weight is 383 g/mol. The number of hydrogen-bond acceptors (Lipinski definition) is 6. The van der Waals surface area contributed by atoms with E-state index in [1.54, 1.807) is 6.07 Å². The number of para-hydroxylation sites is 1. The Morgan fingerprint density at radius 1 is 1.04 bits per heavy atom. The second-order valence-electron chi connectivity index (χ2n) is 6.62. The first kappa shape index (κ1) is 18.2. The number of carbonyl (C=O) groups is 1. The van der Waals surface area contributed by atoms with Crippen molar-refractivity contribution in [2.45, 2.75) is 26.0 Å². The molecule has 0 saturated carbocycles. The van der Waals surface area contributed by atoms with E-state index in [1.165, 1.54) is 28.3 Å². The van der Waals surface area contributed by atoms with Gasteiger partial charge in [0.25, 0.3) is 0 Å². The number of fused-ring (bicyclic) bond motifs is 2. The minimum absolute atomic E-state index is 0.163. The monoisotopic (exact) mass is 383 g/mol. The highest BCUT2D eigenvalue weighted by Gasteiger charge is 2.35. The smallest absolute Gasteiger partial charge is 0.303 e. The van der Waals surface area contributed by atoms with Gasteiger partial charge in [-0.25, -0.2) is 0 Å². The molecule has 7 nitrogen and oxygen atoms in total. The standard InChI is InChI=1S/C21H21NO6/c1-11(23)28-14-9-10-22-13-8-6-5-7-12(13)18(24)16-17(22)15(14)19(25-2)21(27-4)20(16)26-3/h5-8,14H,9-10H2,1-4H3/t14-/m1/s1. The van der Waals surface area contributed by atoms with Crippen LogP contribution in [-0.2, 0) is 16.1 Å². The maximum absolute atomic E-state index is 13.4. The summed E-state index contributed by atoms with van der Waals surface area (Å²) >= 11 is 0. The van der Waals surface area contributed by atoms with Crippen LogP contribution in [0.2, 0.25) is 0 Å². The van der Waals surface area contributed by atoms with Crippen LogP contribution in [-0.4, -0.2) is 31.9 Å². The summed E-state index contributed by atoms with van der Waals surface area (Å²) in [4.78, 5) is 25.1.